The summed E-state index contributed by atoms with van der Waals surface area (Å²) in [6.07, 6.45) is 0. The van der Waals surface area contributed by atoms with Gasteiger partial charge in [0.1, 0.15) is 8.64 Å². The molecule has 0 aliphatic carbocycles. The molecular weight excluding hydrogens is 328 g/mol. The quantitative estimate of drug-likeness (QED) is 0.489. The molecule has 0 atom stereocenters. The van der Waals surface area contributed by atoms with E-state index in [4.69, 9.17) is 36.1 Å². The van der Waals surface area contributed by atoms with Crippen LogP contribution in [-0.2, 0) is 11.5 Å². The lowest BCUT2D eigenvalue weighted by atomic mass is 10.1. The maximum atomic E-state index is 5.60. The van der Waals surface area contributed by atoms with Crippen LogP contribution in [0.25, 0.3) is 0 Å². The average Bonchev–Trinajstić information content (AvgIpc) is 2.42. The van der Waals surface area contributed by atoms with Crippen LogP contribution in [0.2, 0.25) is 0 Å². The molecule has 0 radical (unpaired) electrons. The topological polar surface area (TPSA) is 58.5 Å². The van der Waals surface area contributed by atoms with E-state index in [-0.39, 0.29) is 0 Å². The van der Waals surface area contributed by atoms with E-state index >= 15 is 0 Å². The Labute approximate surface area is 139 Å². The van der Waals surface area contributed by atoms with E-state index in [0.717, 1.165) is 11.5 Å². The molecule has 1 aromatic rings. The maximum absolute atomic E-state index is 5.60. The highest BCUT2D eigenvalue weighted by Crippen LogP contribution is 2.23. The summed E-state index contributed by atoms with van der Waals surface area (Å²) in [6, 6.07) is 8.23. The van der Waals surface area contributed by atoms with E-state index in [1.807, 2.05) is 12.1 Å². The van der Waals surface area contributed by atoms with Crippen molar-refractivity contribution in [2.45, 2.75) is 11.5 Å². The minimum Gasteiger partial charge on any atom is -0.299 e. The first kappa shape index (κ1) is 17.7. The molecule has 0 aliphatic heterocycles. The van der Waals surface area contributed by atoms with Crippen LogP contribution in [0.5, 0.6) is 0 Å². The molecule has 0 amide bonds. The van der Waals surface area contributed by atoms with Crippen molar-refractivity contribution in [3.63, 3.8) is 0 Å². The van der Waals surface area contributed by atoms with Crippen molar-refractivity contribution in [3.8, 4) is 0 Å². The van der Waals surface area contributed by atoms with Gasteiger partial charge in [0.25, 0.3) is 0 Å². The van der Waals surface area contributed by atoms with Crippen LogP contribution in [0, 0.1) is 0 Å². The SMILES string of the molecule is CN(N)C(=S)SCc1ccccc1CSC(=S)N(C)N. The Balaban J connectivity index is 2.64. The Bertz CT molecular complexity index is 433. The van der Waals surface area contributed by atoms with Crippen LogP contribution < -0.4 is 11.7 Å². The molecule has 110 valence electrons. The second kappa shape index (κ2) is 8.81. The van der Waals surface area contributed by atoms with E-state index in [0.29, 0.717) is 8.64 Å². The molecular formula is C12H18N4S4. The number of benzene rings is 1. The summed E-state index contributed by atoms with van der Waals surface area (Å²) in [6.45, 7) is 0. The summed E-state index contributed by atoms with van der Waals surface area (Å²) in [7, 11) is 3.49. The number of hydrazine groups is 2. The zero-order valence-corrected chi connectivity index (χ0v) is 14.7. The third-order valence-electron chi connectivity index (χ3n) is 2.40. The van der Waals surface area contributed by atoms with Gasteiger partial charge in [-0.25, -0.2) is 11.7 Å². The zero-order chi connectivity index (χ0) is 15.1. The molecule has 0 bridgehead atoms. The van der Waals surface area contributed by atoms with Crippen molar-refractivity contribution >= 4 is 56.6 Å². The molecule has 0 heterocycles. The fourth-order valence-electron chi connectivity index (χ4n) is 1.32. The number of nitrogens with two attached hydrogens (primary N) is 2. The summed E-state index contributed by atoms with van der Waals surface area (Å²) in [5, 5.41) is 2.91. The maximum Gasteiger partial charge on any atom is 0.150 e. The first-order valence-electron chi connectivity index (χ1n) is 5.79. The van der Waals surface area contributed by atoms with Gasteiger partial charge >= 0.3 is 0 Å². The predicted octanol–water partition coefficient (Wildman–Crippen LogP) is 2.33. The average molecular weight is 347 g/mol. The molecule has 0 aliphatic rings. The lowest BCUT2D eigenvalue weighted by Gasteiger charge is -2.15. The molecule has 0 fully saturated rings. The number of thiocarbonyl (C=S) groups is 2. The number of rotatable bonds is 4. The van der Waals surface area contributed by atoms with Crippen LogP contribution in [0.15, 0.2) is 24.3 Å². The Kier molecular flexibility index (Phi) is 7.78. The van der Waals surface area contributed by atoms with E-state index in [1.54, 1.807) is 37.6 Å². The van der Waals surface area contributed by atoms with Crippen molar-refractivity contribution in [1.29, 1.82) is 0 Å². The van der Waals surface area contributed by atoms with Gasteiger partial charge in [-0.2, -0.15) is 0 Å². The molecule has 0 saturated heterocycles. The fraction of sp³-hybridized carbons (Fsp3) is 0.333. The fourth-order valence-corrected chi connectivity index (χ4v) is 3.20. The molecule has 4 nitrogen and oxygen atoms in total. The van der Waals surface area contributed by atoms with Crippen LogP contribution in [-0.4, -0.2) is 32.8 Å². The van der Waals surface area contributed by atoms with Crippen LogP contribution in [0.4, 0.5) is 0 Å². The summed E-state index contributed by atoms with van der Waals surface area (Å²) < 4.78 is 1.34. The third kappa shape index (κ3) is 5.94. The van der Waals surface area contributed by atoms with Gasteiger partial charge in [-0.1, -0.05) is 72.2 Å². The highest BCUT2D eigenvalue weighted by Gasteiger charge is 2.08. The monoisotopic (exact) mass is 346 g/mol. The summed E-state index contributed by atoms with van der Waals surface area (Å²) in [5.41, 5.74) is 2.47. The van der Waals surface area contributed by atoms with Gasteiger partial charge in [0.15, 0.2) is 0 Å². The van der Waals surface area contributed by atoms with Gasteiger partial charge in [0, 0.05) is 25.6 Å². The second-order valence-corrected chi connectivity index (χ2v) is 7.32. The van der Waals surface area contributed by atoms with E-state index in [1.165, 1.54) is 21.1 Å². The second-order valence-electron chi connectivity index (χ2n) is 4.10. The predicted molar refractivity (Wildman–Crippen MR) is 98.1 cm³/mol. The van der Waals surface area contributed by atoms with Gasteiger partial charge < -0.3 is 0 Å². The Morgan fingerprint density at radius 3 is 1.60 bits per heavy atom. The highest BCUT2D eigenvalue weighted by molar-refractivity contribution is 8.22. The lowest BCUT2D eigenvalue weighted by Crippen LogP contribution is -2.29. The summed E-state index contributed by atoms with van der Waals surface area (Å²) in [5.74, 6) is 12.8. The normalized spacial score (nSPS) is 10.2. The van der Waals surface area contributed by atoms with Crippen molar-refractivity contribution < 1.29 is 0 Å². The van der Waals surface area contributed by atoms with E-state index in [9.17, 15) is 0 Å². The van der Waals surface area contributed by atoms with Gasteiger partial charge in [-0.15, -0.1) is 0 Å². The van der Waals surface area contributed by atoms with Crippen LogP contribution in [0.1, 0.15) is 11.1 Å². The number of thioether (sulfide) groups is 2. The molecule has 0 saturated carbocycles. The smallest absolute Gasteiger partial charge is 0.150 e. The summed E-state index contributed by atoms with van der Waals surface area (Å²) >= 11 is 13.4. The van der Waals surface area contributed by atoms with Crippen molar-refractivity contribution in [2.75, 3.05) is 14.1 Å². The molecule has 0 aromatic heterocycles. The Morgan fingerprint density at radius 1 is 0.950 bits per heavy atom. The van der Waals surface area contributed by atoms with Crippen molar-refractivity contribution in [1.82, 2.24) is 10.0 Å². The standard InChI is InChI=1S/C12H18N4S4/c1-15(13)11(17)19-7-9-5-3-4-6-10(9)8-20-12(18)16(2)14/h3-6H,7-8,13-14H2,1-2H3. The molecule has 4 N–H and O–H groups in total. The number of hydrogen-bond acceptors (Lipinski definition) is 6. The Hall–Kier alpha value is -0.380. The third-order valence-corrected chi connectivity index (χ3v) is 5.66. The summed E-state index contributed by atoms with van der Waals surface area (Å²) in [4.78, 5) is 0. The first-order valence-corrected chi connectivity index (χ1v) is 8.57. The molecule has 1 rings (SSSR count). The van der Waals surface area contributed by atoms with E-state index in [2.05, 4.69) is 12.1 Å². The van der Waals surface area contributed by atoms with Crippen LogP contribution >= 0.6 is 48.0 Å². The molecule has 20 heavy (non-hydrogen) atoms. The van der Waals surface area contributed by atoms with Crippen molar-refractivity contribution in [2.24, 2.45) is 11.7 Å². The molecule has 1 aromatic carbocycles. The van der Waals surface area contributed by atoms with Gasteiger partial charge in [-0.3, -0.25) is 10.0 Å². The largest absolute Gasteiger partial charge is 0.299 e. The van der Waals surface area contributed by atoms with E-state index < -0.39 is 0 Å². The number of nitrogens with zero attached hydrogens (tertiary/aromatic N) is 2. The van der Waals surface area contributed by atoms with Crippen LogP contribution in [0.3, 0.4) is 0 Å². The molecule has 8 heteroatoms. The highest BCUT2D eigenvalue weighted by atomic mass is 32.2. The van der Waals surface area contributed by atoms with Gasteiger partial charge in [0.2, 0.25) is 0 Å². The lowest BCUT2D eigenvalue weighted by molar-refractivity contribution is 0.560. The van der Waals surface area contributed by atoms with Gasteiger partial charge in [0.05, 0.1) is 0 Å². The minimum atomic E-state index is 0.671. The molecule has 0 unspecified atom stereocenters. The first-order chi connectivity index (χ1) is 9.41. The van der Waals surface area contributed by atoms with Gasteiger partial charge in [-0.05, 0) is 11.1 Å². The Morgan fingerprint density at radius 2 is 1.30 bits per heavy atom. The minimum absolute atomic E-state index is 0.671. The zero-order valence-electron chi connectivity index (χ0n) is 11.4. The van der Waals surface area contributed by atoms with Crippen molar-refractivity contribution in [3.05, 3.63) is 35.4 Å². The molecule has 0 spiro atoms. The number of hydrogen-bond donors (Lipinski definition) is 2.